The highest BCUT2D eigenvalue weighted by Gasteiger charge is 2.34. The van der Waals surface area contributed by atoms with Crippen molar-refractivity contribution in [2.24, 2.45) is 5.92 Å². The van der Waals surface area contributed by atoms with Crippen LogP contribution in [0.3, 0.4) is 0 Å². The van der Waals surface area contributed by atoms with E-state index in [1.807, 2.05) is 39.8 Å². The summed E-state index contributed by atoms with van der Waals surface area (Å²) in [6, 6.07) is 3.57. The van der Waals surface area contributed by atoms with Crippen LogP contribution in [-0.4, -0.2) is 35.6 Å². The van der Waals surface area contributed by atoms with E-state index in [-0.39, 0.29) is 23.9 Å². The van der Waals surface area contributed by atoms with Crippen LogP contribution in [0.5, 0.6) is 0 Å². The topological polar surface area (TPSA) is 71.8 Å². The lowest BCUT2D eigenvalue weighted by Gasteiger charge is -2.26. The number of carbonyl (C=O) groups is 2. The number of carbonyl (C=O) groups excluding carboxylic acids is 2. The Balaban J connectivity index is 1.86. The van der Waals surface area contributed by atoms with Gasteiger partial charge in [-0.2, -0.15) is 0 Å². The summed E-state index contributed by atoms with van der Waals surface area (Å²) < 4.78 is 10.7. The van der Waals surface area contributed by atoms with Gasteiger partial charge in [-0.3, -0.25) is 4.79 Å². The van der Waals surface area contributed by atoms with E-state index < -0.39 is 11.7 Å². The normalized spacial score (nSPS) is 22.0. The zero-order chi connectivity index (χ0) is 17.9. The molecule has 1 aliphatic rings. The maximum atomic E-state index is 12.7. The van der Waals surface area contributed by atoms with Crippen LogP contribution in [0.25, 0.3) is 0 Å². The molecule has 1 aromatic rings. The number of hydrogen-bond acceptors (Lipinski definition) is 4. The summed E-state index contributed by atoms with van der Waals surface area (Å²) in [5.74, 6) is 0.784. The highest BCUT2D eigenvalue weighted by Crippen LogP contribution is 2.30. The Morgan fingerprint density at radius 1 is 1.38 bits per heavy atom. The maximum absolute atomic E-state index is 12.7. The Hall–Kier alpha value is -1.98. The van der Waals surface area contributed by atoms with Gasteiger partial charge in [-0.25, -0.2) is 4.79 Å². The fraction of sp³-hybridized carbons (Fsp3) is 0.667. The zero-order valence-electron chi connectivity index (χ0n) is 15.2. The fourth-order valence-corrected chi connectivity index (χ4v) is 3.01. The maximum Gasteiger partial charge on any atom is 0.407 e. The number of nitrogens with one attached hydrogen (secondary N) is 1. The van der Waals surface area contributed by atoms with Crippen molar-refractivity contribution in [3.05, 3.63) is 24.2 Å². The first-order valence-electron chi connectivity index (χ1n) is 8.47. The monoisotopic (exact) mass is 336 g/mol. The minimum absolute atomic E-state index is 0.0129. The molecule has 0 saturated heterocycles. The molecule has 0 aromatic carbocycles. The summed E-state index contributed by atoms with van der Waals surface area (Å²) in [4.78, 5) is 26.3. The van der Waals surface area contributed by atoms with Crippen molar-refractivity contribution < 1.29 is 18.7 Å². The van der Waals surface area contributed by atoms with Crippen LogP contribution >= 0.6 is 0 Å². The van der Waals surface area contributed by atoms with Crippen LogP contribution in [0, 0.1) is 5.92 Å². The molecule has 1 fully saturated rings. The second-order valence-corrected chi connectivity index (χ2v) is 7.49. The lowest BCUT2D eigenvalue weighted by atomic mass is 10.0. The molecule has 6 heteroatoms. The molecule has 134 valence electrons. The van der Waals surface area contributed by atoms with Crippen molar-refractivity contribution >= 4 is 12.0 Å². The lowest BCUT2D eigenvalue weighted by Crippen LogP contribution is -2.39. The van der Waals surface area contributed by atoms with Crippen LogP contribution in [-0.2, 0) is 9.53 Å². The second-order valence-electron chi connectivity index (χ2n) is 7.49. The molecule has 3 unspecified atom stereocenters. The molecule has 2 rings (SSSR count). The number of nitrogens with zero attached hydrogens (tertiary/aromatic N) is 1. The summed E-state index contributed by atoms with van der Waals surface area (Å²) >= 11 is 0. The third-order valence-electron chi connectivity index (χ3n) is 4.39. The molecule has 0 bridgehead atoms. The molecular formula is C18H28N2O4. The molecule has 1 aliphatic carbocycles. The van der Waals surface area contributed by atoms with Crippen LogP contribution in [0.2, 0.25) is 0 Å². The lowest BCUT2D eigenvalue weighted by molar-refractivity contribution is -0.136. The van der Waals surface area contributed by atoms with Crippen LogP contribution in [0.15, 0.2) is 22.8 Å². The minimum atomic E-state index is -0.517. The molecular weight excluding hydrogens is 308 g/mol. The highest BCUT2D eigenvalue weighted by atomic mass is 16.6. The molecule has 24 heavy (non-hydrogen) atoms. The quantitative estimate of drug-likeness (QED) is 0.913. The van der Waals surface area contributed by atoms with Gasteiger partial charge in [0, 0.05) is 19.0 Å². The largest absolute Gasteiger partial charge is 0.467 e. The highest BCUT2D eigenvalue weighted by molar-refractivity contribution is 5.79. The summed E-state index contributed by atoms with van der Waals surface area (Å²) in [6.07, 6.45) is 3.40. The van der Waals surface area contributed by atoms with Gasteiger partial charge in [0.25, 0.3) is 0 Å². The van der Waals surface area contributed by atoms with Crippen molar-refractivity contribution in [1.29, 1.82) is 0 Å². The smallest absolute Gasteiger partial charge is 0.407 e. The number of amides is 2. The number of alkyl carbamates (subject to hydrolysis) is 1. The summed E-state index contributed by atoms with van der Waals surface area (Å²) in [7, 11) is 1.80. The molecule has 1 saturated carbocycles. The van der Waals surface area contributed by atoms with Gasteiger partial charge in [0.15, 0.2) is 0 Å². The third kappa shape index (κ3) is 4.76. The van der Waals surface area contributed by atoms with Crippen LogP contribution in [0.1, 0.15) is 58.8 Å². The van der Waals surface area contributed by atoms with E-state index in [0.29, 0.717) is 6.42 Å². The summed E-state index contributed by atoms with van der Waals surface area (Å²) in [5, 5.41) is 2.87. The molecule has 0 spiro atoms. The first kappa shape index (κ1) is 18.4. The van der Waals surface area contributed by atoms with Gasteiger partial charge in [-0.15, -0.1) is 0 Å². The van der Waals surface area contributed by atoms with Gasteiger partial charge in [0.2, 0.25) is 5.91 Å². The zero-order valence-corrected chi connectivity index (χ0v) is 15.2. The Labute approximate surface area is 143 Å². The molecule has 1 aromatic heterocycles. The Morgan fingerprint density at radius 2 is 2.08 bits per heavy atom. The van der Waals surface area contributed by atoms with Crippen molar-refractivity contribution in [2.75, 3.05) is 7.05 Å². The average Bonchev–Trinajstić information content (AvgIpc) is 3.14. The molecule has 0 aliphatic heterocycles. The SMILES string of the molecule is CC(c1ccco1)N(C)C(=O)C1CCC(NC(=O)OC(C)(C)C)C1. The van der Waals surface area contributed by atoms with E-state index in [1.54, 1.807) is 18.2 Å². The standard InChI is InChI=1S/C18H28N2O4/c1-12(15-7-6-10-23-15)20(5)16(21)13-8-9-14(11-13)19-17(22)24-18(2,3)4/h6-7,10,12-14H,8-9,11H2,1-5H3,(H,19,22). The van der Waals surface area contributed by atoms with E-state index in [4.69, 9.17) is 9.15 Å². The van der Waals surface area contributed by atoms with Crippen molar-refractivity contribution in [3.63, 3.8) is 0 Å². The third-order valence-corrected chi connectivity index (χ3v) is 4.39. The van der Waals surface area contributed by atoms with Crippen molar-refractivity contribution in [1.82, 2.24) is 10.2 Å². The minimum Gasteiger partial charge on any atom is -0.467 e. The van der Waals surface area contributed by atoms with E-state index in [1.165, 1.54) is 0 Å². The van der Waals surface area contributed by atoms with Gasteiger partial charge in [0.05, 0.1) is 12.3 Å². The Morgan fingerprint density at radius 3 is 2.67 bits per heavy atom. The summed E-state index contributed by atoms with van der Waals surface area (Å²) in [5.41, 5.74) is -0.517. The van der Waals surface area contributed by atoms with Crippen molar-refractivity contribution in [2.45, 2.75) is 64.6 Å². The first-order valence-corrected chi connectivity index (χ1v) is 8.47. The fourth-order valence-electron chi connectivity index (χ4n) is 3.01. The van der Waals surface area contributed by atoms with E-state index in [0.717, 1.165) is 18.6 Å². The predicted octanol–water partition coefficient (Wildman–Crippen LogP) is 3.49. The molecule has 0 radical (unpaired) electrons. The van der Waals surface area contributed by atoms with Crippen LogP contribution < -0.4 is 5.32 Å². The molecule has 3 atom stereocenters. The van der Waals surface area contributed by atoms with E-state index >= 15 is 0 Å². The van der Waals surface area contributed by atoms with Crippen molar-refractivity contribution in [3.8, 4) is 0 Å². The molecule has 1 N–H and O–H groups in total. The number of rotatable bonds is 4. The number of furan rings is 1. The second kappa shape index (κ2) is 7.28. The first-order chi connectivity index (χ1) is 11.2. The average molecular weight is 336 g/mol. The van der Waals surface area contributed by atoms with E-state index in [2.05, 4.69) is 5.32 Å². The number of hydrogen-bond donors (Lipinski definition) is 1. The Kier molecular flexibility index (Phi) is 5.57. The van der Waals surface area contributed by atoms with Gasteiger partial charge in [-0.05, 0) is 59.1 Å². The van der Waals surface area contributed by atoms with Gasteiger partial charge in [0.1, 0.15) is 11.4 Å². The number of ether oxygens (including phenoxy) is 1. The van der Waals surface area contributed by atoms with Crippen LogP contribution in [0.4, 0.5) is 4.79 Å². The predicted molar refractivity (Wildman–Crippen MR) is 90.4 cm³/mol. The van der Waals surface area contributed by atoms with Gasteiger partial charge in [-0.1, -0.05) is 0 Å². The summed E-state index contributed by atoms with van der Waals surface area (Å²) in [6.45, 7) is 7.44. The molecule has 2 amide bonds. The molecule has 6 nitrogen and oxygen atoms in total. The van der Waals surface area contributed by atoms with E-state index in [9.17, 15) is 9.59 Å². The van der Waals surface area contributed by atoms with Gasteiger partial charge >= 0.3 is 6.09 Å². The van der Waals surface area contributed by atoms with Gasteiger partial charge < -0.3 is 19.4 Å². The Bertz CT molecular complexity index is 562. The molecule has 1 heterocycles.